The fourth-order valence-electron chi connectivity index (χ4n) is 2.83. The molecule has 1 unspecified atom stereocenters. The van der Waals surface area contributed by atoms with Crippen LogP contribution in [0.2, 0.25) is 0 Å². The Morgan fingerprint density at radius 1 is 1.00 bits per heavy atom. The zero-order valence-electron chi connectivity index (χ0n) is 12.2. The van der Waals surface area contributed by atoms with Crippen LogP contribution < -0.4 is 0 Å². The van der Waals surface area contributed by atoms with Gasteiger partial charge < -0.3 is 4.74 Å². The molecule has 2 aromatic carbocycles. The van der Waals surface area contributed by atoms with Gasteiger partial charge in [-0.05, 0) is 24.0 Å². The van der Waals surface area contributed by atoms with Crippen molar-refractivity contribution in [2.24, 2.45) is 0 Å². The molecule has 1 saturated heterocycles. The quantitative estimate of drug-likeness (QED) is 0.726. The van der Waals surface area contributed by atoms with E-state index in [0.717, 1.165) is 17.5 Å². The Morgan fingerprint density at radius 2 is 1.64 bits per heavy atom. The molecule has 0 aromatic heterocycles. The smallest absolute Gasteiger partial charge is 0.316 e. The van der Waals surface area contributed by atoms with Crippen LogP contribution in [-0.2, 0) is 11.2 Å². The molecule has 3 rings (SSSR count). The van der Waals surface area contributed by atoms with E-state index in [0.29, 0.717) is 6.42 Å². The first kappa shape index (κ1) is 14.9. The van der Waals surface area contributed by atoms with Crippen LogP contribution in [0.25, 0.3) is 0 Å². The summed E-state index contributed by atoms with van der Waals surface area (Å²) in [5.41, 5.74) is 2.12. The first-order valence-corrected chi connectivity index (χ1v) is 7.48. The van der Waals surface area contributed by atoms with Gasteiger partial charge in [0.25, 0.3) is 0 Å². The van der Waals surface area contributed by atoms with E-state index in [4.69, 9.17) is 4.74 Å². The Hall–Kier alpha value is -2.00. The maximum Gasteiger partial charge on any atom is 0.380 e. The molecule has 114 valence electrons. The van der Waals surface area contributed by atoms with Gasteiger partial charge >= 0.3 is 6.11 Å². The van der Waals surface area contributed by atoms with E-state index in [1.807, 2.05) is 60.7 Å². The van der Waals surface area contributed by atoms with Gasteiger partial charge in [0, 0.05) is 11.5 Å². The highest BCUT2D eigenvalue weighted by Crippen LogP contribution is 2.43. The second kappa shape index (κ2) is 6.41. The van der Waals surface area contributed by atoms with Gasteiger partial charge in [-0.1, -0.05) is 66.7 Å². The summed E-state index contributed by atoms with van der Waals surface area (Å²) in [6.07, 6.45) is -0.168. The molecule has 0 spiro atoms. The van der Waals surface area contributed by atoms with E-state index in [-0.39, 0.29) is 18.1 Å². The molecule has 0 saturated carbocycles. The molecule has 0 radical (unpaired) electrons. The molecule has 1 nitrogen and oxygen atoms in total. The fraction of sp³-hybridized carbons (Fsp3) is 0.263. The highest BCUT2D eigenvalue weighted by molar-refractivity contribution is 5.34. The van der Waals surface area contributed by atoms with Gasteiger partial charge in [-0.2, -0.15) is 8.78 Å². The highest BCUT2D eigenvalue weighted by Gasteiger charge is 2.46. The lowest BCUT2D eigenvalue weighted by Crippen LogP contribution is -2.16. The predicted octanol–water partition coefficient (Wildman–Crippen LogP) is 4.95. The van der Waals surface area contributed by atoms with Crippen molar-refractivity contribution in [2.75, 3.05) is 6.61 Å². The normalized spacial score (nSPS) is 22.1. The highest BCUT2D eigenvalue weighted by atomic mass is 19.3. The van der Waals surface area contributed by atoms with Crippen LogP contribution in [0.5, 0.6) is 0 Å². The minimum Gasteiger partial charge on any atom is -0.316 e. The molecular weight excluding hydrogens is 282 g/mol. The molecule has 3 heteroatoms. The third-order valence-electron chi connectivity index (χ3n) is 3.98. The van der Waals surface area contributed by atoms with Crippen LogP contribution in [0, 0.1) is 0 Å². The Labute approximate surface area is 129 Å². The molecule has 2 aromatic rings. The summed E-state index contributed by atoms with van der Waals surface area (Å²) in [6.45, 7) is 0.0359. The van der Waals surface area contributed by atoms with Crippen molar-refractivity contribution in [1.29, 1.82) is 0 Å². The Kier molecular flexibility index (Phi) is 4.34. The van der Waals surface area contributed by atoms with Crippen molar-refractivity contribution in [1.82, 2.24) is 0 Å². The van der Waals surface area contributed by atoms with Crippen LogP contribution in [0.3, 0.4) is 0 Å². The first-order valence-electron chi connectivity index (χ1n) is 7.48. The molecule has 1 aliphatic heterocycles. The molecule has 0 N–H and O–H groups in total. The summed E-state index contributed by atoms with van der Waals surface area (Å²) in [5, 5.41) is 0. The SMILES string of the molecule is FC1(F)OCC(c2ccccc2)/C1=C\CCc1ccccc1. The lowest BCUT2D eigenvalue weighted by atomic mass is 9.92. The number of alkyl halides is 2. The molecule has 1 fully saturated rings. The average Bonchev–Trinajstić information content (AvgIpc) is 2.84. The summed E-state index contributed by atoms with van der Waals surface area (Å²) >= 11 is 0. The zero-order chi connectivity index (χ0) is 15.4. The largest absolute Gasteiger partial charge is 0.380 e. The van der Waals surface area contributed by atoms with Crippen molar-refractivity contribution in [3.63, 3.8) is 0 Å². The van der Waals surface area contributed by atoms with Gasteiger partial charge in [0.15, 0.2) is 0 Å². The van der Waals surface area contributed by atoms with E-state index >= 15 is 0 Å². The van der Waals surface area contributed by atoms with Gasteiger partial charge in [-0.25, -0.2) is 0 Å². The van der Waals surface area contributed by atoms with Crippen molar-refractivity contribution >= 4 is 0 Å². The minimum absolute atomic E-state index is 0.0359. The van der Waals surface area contributed by atoms with Crippen LogP contribution >= 0.6 is 0 Å². The number of ether oxygens (including phenoxy) is 1. The maximum atomic E-state index is 14.0. The van der Waals surface area contributed by atoms with E-state index in [9.17, 15) is 8.78 Å². The zero-order valence-corrected chi connectivity index (χ0v) is 12.2. The van der Waals surface area contributed by atoms with E-state index < -0.39 is 6.11 Å². The van der Waals surface area contributed by atoms with Gasteiger partial charge in [0.1, 0.15) is 0 Å². The van der Waals surface area contributed by atoms with Gasteiger partial charge in [0.05, 0.1) is 6.61 Å². The Bertz CT molecular complexity index is 635. The van der Waals surface area contributed by atoms with Crippen LogP contribution in [0.1, 0.15) is 23.5 Å². The third-order valence-corrected chi connectivity index (χ3v) is 3.98. The number of hydrogen-bond donors (Lipinski definition) is 0. The van der Waals surface area contributed by atoms with E-state index in [1.165, 1.54) is 0 Å². The standard InChI is InChI=1S/C19H18F2O/c20-19(21)18(13-7-10-15-8-3-1-4-9-15)17(14-22-19)16-11-5-2-6-12-16/h1-6,8-9,11-13,17H,7,10,14H2/b18-13+. The number of rotatable bonds is 4. The summed E-state index contributed by atoms with van der Waals surface area (Å²) < 4.78 is 32.7. The van der Waals surface area contributed by atoms with Crippen LogP contribution in [-0.4, -0.2) is 12.7 Å². The monoisotopic (exact) mass is 300 g/mol. The van der Waals surface area contributed by atoms with Gasteiger partial charge in [-0.15, -0.1) is 0 Å². The predicted molar refractivity (Wildman–Crippen MR) is 82.9 cm³/mol. The summed E-state index contributed by atoms with van der Waals surface area (Å²) in [5.74, 6) is -0.355. The average molecular weight is 300 g/mol. The number of benzene rings is 2. The van der Waals surface area contributed by atoms with E-state index in [1.54, 1.807) is 6.08 Å². The summed E-state index contributed by atoms with van der Waals surface area (Å²) in [6, 6.07) is 19.3. The number of allylic oxidation sites excluding steroid dienone is 1. The summed E-state index contributed by atoms with van der Waals surface area (Å²) in [7, 11) is 0. The molecule has 1 heterocycles. The van der Waals surface area contributed by atoms with Gasteiger partial charge in [0.2, 0.25) is 0 Å². The minimum atomic E-state index is -3.16. The van der Waals surface area contributed by atoms with Crippen LogP contribution in [0.4, 0.5) is 8.78 Å². The maximum absolute atomic E-state index is 14.0. The Balaban J connectivity index is 1.77. The molecule has 1 aliphatic rings. The lowest BCUT2D eigenvalue weighted by Gasteiger charge is -2.14. The summed E-state index contributed by atoms with van der Waals surface area (Å²) in [4.78, 5) is 0. The van der Waals surface area contributed by atoms with Crippen molar-refractivity contribution in [2.45, 2.75) is 24.9 Å². The third kappa shape index (κ3) is 3.25. The lowest BCUT2D eigenvalue weighted by molar-refractivity contribution is -0.182. The van der Waals surface area contributed by atoms with Crippen molar-refractivity contribution < 1.29 is 13.5 Å². The number of hydrogen-bond acceptors (Lipinski definition) is 1. The van der Waals surface area contributed by atoms with Crippen LogP contribution in [0.15, 0.2) is 72.3 Å². The number of aryl methyl sites for hydroxylation is 1. The molecule has 0 bridgehead atoms. The molecule has 1 atom stereocenters. The fourth-order valence-corrected chi connectivity index (χ4v) is 2.83. The second-order valence-electron chi connectivity index (χ2n) is 5.47. The Morgan fingerprint density at radius 3 is 2.32 bits per heavy atom. The molecule has 0 amide bonds. The topological polar surface area (TPSA) is 9.23 Å². The van der Waals surface area contributed by atoms with Crippen molar-refractivity contribution in [3.8, 4) is 0 Å². The first-order chi connectivity index (χ1) is 10.7. The van der Waals surface area contributed by atoms with Gasteiger partial charge in [-0.3, -0.25) is 0 Å². The molecule has 22 heavy (non-hydrogen) atoms. The molecular formula is C19H18F2O. The second-order valence-corrected chi connectivity index (χ2v) is 5.47. The molecule has 0 aliphatic carbocycles. The van der Waals surface area contributed by atoms with E-state index in [2.05, 4.69) is 0 Å². The van der Waals surface area contributed by atoms with Crippen molar-refractivity contribution in [3.05, 3.63) is 83.4 Å². The number of halogens is 2.